The van der Waals surface area contributed by atoms with Crippen LogP contribution in [0.3, 0.4) is 0 Å². The van der Waals surface area contributed by atoms with E-state index in [-0.39, 0.29) is 0 Å². The van der Waals surface area contributed by atoms with Crippen LogP contribution >= 0.6 is 0 Å². The molecule has 0 saturated heterocycles. The second-order valence-electron chi connectivity index (χ2n) is 6.97. The van der Waals surface area contributed by atoms with Crippen molar-refractivity contribution in [3.05, 3.63) is 83.4 Å². The number of benzene rings is 2. The number of nitrogens with zero attached hydrogens (tertiary/aromatic N) is 4. The largest absolute Gasteiger partial charge is 0.352 e. The van der Waals surface area contributed by atoms with E-state index in [2.05, 4.69) is 65.8 Å². The maximum absolute atomic E-state index is 4.58. The van der Waals surface area contributed by atoms with Crippen molar-refractivity contribution >= 4 is 11.4 Å². The van der Waals surface area contributed by atoms with Gasteiger partial charge in [0, 0.05) is 12.4 Å². The van der Waals surface area contributed by atoms with Crippen molar-refractivity contribution in [2.24, 2.45) is 0 Å². The highest BCUT2D eigenvalue weighted by Crippen LogP contribution is 2.29. The molecule has 0 atom stereocenters. The highest BCUT2D eigenvalue weighted by atomic mass is 15.3. The van der Waals surface area contributed by atoms with Crippen LogP contribution in [-0.4, -0.2) is 19.6 Å². The Hall–Kier alpha value is -3.34. The molecule has 2 aromatic heterocycles. The standard InChI is InChI=1S/C22H23N5/c1-15-5-7-19(21(13-15)26-11-9-17(3)24-26)23-20-8-6-16(2)14-22(20)27-12-10-18(4)25-27/h5-14,23H,1-4H3. The average Bonchev–Trinajstić information content (AvgIpc) is 3.26. The third kappa shape index (κ3) is 3.49. The minimum absolute atomic E-state index is 0.991. The molecule has 2 aromatic carbocycles. The Kier molecular flexibility index (Phi) is 4.28. The second-order valence-corrected chi connectivity index (χ2v) is 6.97. The van der Waals surface area contributed by atoms with E-state index in [0.717, 1.165) is 34.1 Å². The number of aryl methyl sites for hydroxylation is 4. The SMILES string of the molecule is Cc1ccc(Nc2ccc(C)cc2-n2ccc(C)n2)c(-n2ccc(C)n2)c1. The third-order valence-corrected chi connectivity index (χ3v) is 4.51. The van der Waals surface area contributed by atoms with E-state index < -0.39 is 0 Å². The van der Waals surface area contributed by atoms with Gasteiger partial charge in [0.2, 0.25) is 0 Å². The van der Waals surface area contributed by atoms with Crippen LogP contribution in [0.15, 0.2) is 60.9 Å². The zero-order valence-corrected chi connectivity index (χ0v) is 16.1. The fourth-order valence-electron chi connectivity index (χ4n) is 3.12. The van der Waals surface area contributed by atoms with Crippen LogP contribution in [0.1, 0.15) is 22.5 Å². The first-order chi connectivity index (χ1) is 13.0. The molecule has 0 amide bonds. The zero-order chi connectivity index (χ0) is 19.0. The lowest BCUT2D eigenvalue weighted by atomic mass is 10.1. The highest BCUT2D eigenvalue weighted by molar-refractivity contribution is 5.74. The molecule has 0 saturated carbocycles. The van der Waals surface area contributed by atoms with Gasteiger partial charge >= 0.3 is 0 Å². The van der Waals surface area contributed by atoms with Crippen molar-refractivity contribution in [3.63, 3.8) is 0 Å². The van der Waals surface area contributed by atoms with Crippen LogP contribution in [0, 0.1) is 27.7 Å². The molecule has 5 nitrogen and oxygen atoms in total. The first-order valence-corrected chi connectivity index (χ1v) is 9.03. The molecule has 0 aliphatic carbocycles. The summed E-state index contributed by atoms with van der Waals surface area (Å²) in [5.41, 5.74) is 8.40. The molecule has 0 radical (unpaired) electrons. The minimum atomic E-state index is 0.991. The van der Waals surface area contributed by atoms with E-state index >= 15 is 0 Å². The summed E-state index contributed by atoms with van der Waals surface area (Å²) in [7, 11) is 0. The summed E-state index contributed by atoms with van der Waals surface area (Å²) in [6.45, 7) is 8.18. The predicted octanol–water partition coefficient (Wildman–Crippen LogP) is 5.04. The van der Waals surface area contributed by atoms with E-state index in [1.165, 1.54) is 11.1 Å². The summed E-state index contributed by atoms with van der Waals surface area (Å²) in [4.78, 5) is 0. The van der Waals surface area contributed by atoms with Gasteiger partial charge in [0.05, 0.1) is 34.1 Å². The summed E-state index contributed by atoms with van der Waals surface area (Å²) in [6.07, 6.45) is 3.98. The fraction of sp³-hybridized carbons (Fsp3) is 0.182. The summed E-state index contributed by atoms with van der Waals surface area (Å²) in [5, 5.41) is 12.8. The van der Waals surface area contributed by atoms with Gasteiger partial charge in [-0.05, 0) is 75.2 Å². The third-order valence-electron chi connectivity index (χ3n) is 4.51. The second kappa shape index (κ2) is 6.76. The molecule has 27 heavy (non-hydrogen) atoms. The molecule has 0 aliphatic rings. The molecule has 2 heterocycles. The van der Waals surface area contributed by atoms with Crippen LogP contribution < -0.4 is 5.32 Å². The monoisotopic (exact) mass is 357 g/mol. The number of hydrogen-bond acceptors (Lipinski definition) is 3. The van der Waals surface area contributed by atoms with E-state index in [4.69, 9.17) is 0 Å². The summed E-state index contributed by atoms with van der Waals surface area (Å²) in [6, 6.07) is 16.7. The molecule has 5 heteroatoms. The van der Waals surface area contributed by atoms with Gasteiger partial charge < -0.3 is 5.32 Å². The van der Waals surface area contributed by atoms with Crippen molar-refractivity contribution in [2.75, 3.05) is 5.32 Å². The van der Waals surface area contributed by atoms with Crippen molar-refractivity contribution in [3.8, 4) is 11.4 Å². The van der Waals surface area contributed by atoms with Crippen molar-refractivity contribution in [1.29, 1.82) is 0 Å². The molecule has 4 rings (SSSR count). The van der Waals surface area contributed by atoms with Gasteiger partial charge in [0.15, 0.2) is 0 Å². The van der Waals surface area contributed by atoms with Gasteiger partial charge in [-0.25, -0.2) is 9.36 Å². The molecule has 4 aromatic rings. The summed E-state index contributed by atoms with van der Waals surface area (Å²) in [5.74, 6) is 0. The predicted molar refractivity (Wildman–Crippen MR) is 109 cm³/mol. The van der Waals surface area contributed by atoms with Crippen LogP contribution in [0.25, 0.3) is 11.4 Å². The Morgan fingerprint density at radius 1 is 0.630 bits per heavy atom. The van der Waals surface area contributed by atoms with Gasteiger partial charge in [-0.1, -0.05) is 12.1 Å². The van der Waals surface area contributed by atoms with Gasteiger partial charge in [-0.3, -0.25) is 0 Å². The maximum atomic E-state index is 4.58. The lowest BCUT2D eigenvalue weighted by Crippen LogP contribution is -2.05. The number of hydrogen-bond donors (Lipinski definition) is 1. The quantitative estimate of drug-likeness (QED) is 0.557. The van der Waals surface area contributed by atoms with Crippen LogP contribution in [0.5, 0.6) is 0 Å². The van der Waals surface area contributed by atoms with Crippen molar-refractivity contribution in [1.82, 2.24) is 19.6 Å². The molecule has 0 aliphatic heterocycles. The first kappa shape index (κ1) is 17.1. The molecular formula is C22H23N5. The lowest BCUT2D eigenvalue weighted by Gasteiger charge is -2.16. The van der Waals surface area contributed by atoms with E-state index in [0.29, 0.717) is 0 Å². The zero-order valence-electron chi connectivity index (χ0n) is 16.1. The van der Waals surface area contributed by atoms with E-state index in [1.807, 2.05) is 47.7 Å². The molecule has 0 unspecified atom stereocenters. The minimum Gasteiger partial charge on any atom is -0.352 e. The van der Waals surface area contributed by atoms with E-state index in [9.17, 15) is 0 Å². The summed E-state index contributed by atoms with van der Waals surface area (Å²) < 4.78 is 3.83. The lowest BCUT2D eigenvalue weighted by molar-refractivity contribution is 0.858. The van der Waals surface area contributed by atoms with Gasteiger partial charge in [-0.15, -0.1) is 0 Å². The number of anilines is 2. The van der Waals surface area contributed by atoms with Crippen LogP contribution in [0.4, 0.5) is 11.4 Å². The van der Waals surface area contributed by atoms with Crippen molar-refractivity contribution < 1.29 is 0 Å². The van der Waals surface area contributed by atoms with Crippen LogP contribution in [-0.2, 0) is 0 Å². The Morgan fingerprint density at radius 3 is 1.44 bits per heavy atom. The summed E-state index contributed by atoms with van der Waals surface area (Å²) >= 11 is 0. The van der Waals surface area contributed by atoms with Crippen LogP contribution in [0.2, 0.25) is 0 Å². The number of nitrogens with one attached hydrogen (secondary N) is 1. The highest BCUT2D eigenvalue weighted by Gasteiger charge is 2.11. The smallest absolute Gasteiger partial charge is 0.0883 e. The first-order valence-electron chi connectivity index (χ1n) is 9.03. The van der Waals surface area contributed by atoms with E-state index in [1.54, 1.807) is 0 Å². The Balaban J connectivity index is 1.80. The molecule has 1 N–H and O–H groups in total. The van der Waals surface area contributed by atoms with Gasteiger partial charge in [0.25, 0.3) is 0 Å². The fourth-order valence-corrected chi connectivity index (χ4v) is 3.12. The normalized spacial score (nSPS) is 11.0. The molecule has 0 fully saturated rings. The topological polar surface area (TPSA) is 47.7 Å². The Labute approximate surface area is 159 Å². The average molecular weight is 357 g/mol. The molecule has 0 bridgehead atoms. The molecular weight excluding hydrogens is 334 g/mol. The van der Waals surface area contributed by atoms with Gasteiger partial charge in [0.1, 0.15) is 0 Å². The number of rotatable bonds is 4. The molecule has 0 spiro atoms. The number of aromatic nitrogens is 4. The van der Waals surface area contributed by atoms with Crippen molar-refractivity contribution in [2.45, 2.75) is 27.7 Å². The Bertz CT molecular complexity index is 1020. The Morgan fingerprint density at radius 2 is 1.07 bits per heavy atom. The molecule has 136 valence electrons. The van der Waals surface area contributed by atoms with Gasteiger partial charge in [-0.2, -0.15) is 10.2 Å². The maximum Gasteiger partial charge on any atom is 0.0883 e.